The number of aromatic amines is 2. The number of para-hydroxylation sites is 1. The average Bonchev–Trinajstić information content (AvgIpc) is 3.33. The van der Waals surface area contributed by atoms with Gasteiger partial charge in [-0.2, -0.15) is 0 Å². The van der Waals surface area contributed by atoms with Crippen LogP contribution in [0.4, 0.5) is 0 Å². The zero-order valence-corrected chi connectivity index (χ0v) is 15.9. The predicted molar refractivity (Wildman–Crippen MR) is 109 cm³/mol. The summed E-state index contributed by atoms with van der Waals surface area (Å²) in [5, 5.41) is 1.82. The smallest absolute Gasteiger partial charge is 0.261 e. The predicted octanol–water partition coefficient (Wildman–Crippen LogP) is 4.32. The Balaban J connectivity index is 1.86. The van der Waals surface area contributed by atoms with Crippen LogP contribution in [0.3, 0.4) is 0 Å². The first-order valence-corrected chi connectivity index (χ1v) is 9.25. The molecule has 0 unspecified atom stereocenters. The maximum Gasteiger partial charge on any atom is 0.261 e. The third-order valence-electron chi connectivity index (χ3n) is 5.06. The number of fused-ring (bicyclic) bond motifs is 2. The number of benzene rings is 2. The summed E-state index contributed by atoms with van der Waals surface area (Å²) in [6.45, 7) is 0. The van der Waals surface area contributed by atoms with E-state index < -0.39 is 0 Å². The highest BCUT2D eigenvalue weighted by Gasteiger charge is 2.39. The number of nitrogens with one attached hydrogen (secondary N) is 2. The minimum atomic E-state index is -0.291. The third kappa shape index (κ3) is 2.23. The van der Waals surface area contributed by atoms with Gasteiger partial charge in [0.2, 0.25) is 0 Å². The highest BCUT2D eigenvalue weighted by atomic mass is 79.9. The lowest BCUT2D eigenvalue weighted by atomic mass is 9.95. The SMILES string of the molecule is CN1C(=O)C(c2c[nH]c3ccccc23)=C(c2c[nH]c3ccc(Br)cc23)C1=O. The van der Waals surface area contributed by atoms with Crippen LogP contribution < -0.4 is 0 Å². The van der Waals surface area contributed by atoms with Crippen LogP contribution in [-0.4, -0.2) is 33.7 Å². The second-order valence-electron chi connectivity index (χ2n) is 6.56. The Labute approximate surface area is 162 Å². The fourth-order valence-corrected chi connectivity index (χ4v) is 4.08. The number of rotatable bonds is 2. The number of imide groups is 1. The van der Waals surface area contributed by atoms with Crippen molar-refractivity contribution in [2.45, 2.75) is 0 Å². The first kappa shape index (κ1) is 16.1. The summed E-state index contributed by atoms with van der Waals surface area (Å²) in [5.41, 5.74) is 4.17. The molecule has 0 fully saturated rings. The molecule has 2 aromatic carbocycles. The Morgan fingerprint density at radius 1 is 0.815 bits per heavy atom. The van der Waals surface area contributed by atoms with Gasteiger partial charge in [-0.3, -0.25) is 14.5 Å². The summed E-state index contributed by atoms with van der Waals surface area (Å²) >= 11 is 3.49. The Hall–Kier alpha value is -3.12. The van der Waals surface area contributed by atoms with E-state index in [-0.39, 0.29) is 11.8 Å². The van der Waals surface area contributed by atoms with Gasteiger partial charge in [0, 0.05) is 56.8 Å². The van der Waals surface area contributed by atoms with Crippen LogP contribution in [-0.2, 0) is 9.59 Å². The number of aromatic nitrogens is 2. The molecule has 4 aromatic rings. The molecule has 2 N–H and O–H groups in total. The molecule has 1 aliphatic rings. The van der Waals surface area contributed by atoms with Gasteiger partial charge in [0.05, 0.1) is 11.1 Å². The third-order valence-corrected chi connectivity index (χ3v) is 5.55. The van der Waals surface area contributed by atoms with E-state index in [0.717, 1.165) is 37.4 Å². The lowest BCUT2D eigenvalue weighted by molar-refractivity contribution is -0.134. The van der Waals surface area contributed by atoms with Gasteiger partial charge in [0.15, 0.2) is 0 Å². The number of carbonyl (C=O) groups is 2. The molecule has 0 saturated heterocycles. The summed E-state index contributed by atoms with van der Waals surface area (Å²) in [4.78, 5) is 33.6. The summed E-state index contributed by atoms with van der Waals surface area (Å²) in [6.07, 6.45) is 3.60. The molecule has 27 heavy (non-hydrogen) atoms. The van der Waals surface area contributed by atoms with Crippen molar-refractivity contribution >= 4 is 60.7 Å². The molecule has 0 aliphatic carbocycles. The minimum Gasteiger partial charge on any atom is -0.361 e. The van der Waals surface area contributed by atoms with Crippen LogP contribution in [0.1, 0.15) is 11.1 Å². The molecule has 2 aromatic heterocycles. The number of halogens is 1. The van der Waals surface area contributed by atoms with E-state index in [1.165, 1.54) is 11.9 Å². The quantitative estimate of drug-likeness (QED) is 0.475. The van der Waals surface area contributed by atoms with E-state index in [9.17, 15) is 9.59 Å². The van der Waals surface area contributed by atoms with Gasteiger partial charge in [0.1, 0.15) is 0 Å². The second kappa shape index (κ2) is 5.69. The molecule has 6 heteroatoms. The Kier molecular flexibility index (Phi) is 3.39. The molecule has 0 bridgehead atoms. The molecule has 0 saturated carbocycles. The van der Waals surface area contributed by atoms with Gasteiger partial charge in [-0.05, 0) is 24.3 Å². The summed E-state index contributed by atoms with van der Waals surface area (Å²) in [5.74, 6) is -0.578. The second-order valence-corrected chi connectivity index (χ2v) is 7.48. The largest absolute Gasteiger partial charge is 0.361 e. The summed E-state index contributed by atoms with van der Waals surface area (Å²) < 4.78 is 0.912. The van der Waals surface area contributed by atoms with Gasteiger partial charge in [0.25, 0.3) is 11.8 Å². The molecule has 0 spiro atoms. The first-order chi connectivity index (χ1) is 13.1. The van der Waals surface area contributed by atoms with Gasteiger partial charge in [-0.25, -0.2) is 0 Å². The molecule has 1 aliphatic heterocycles. The van der Waals surface area contributed by atoms with E-state index >= 15 is 0 Å². The van der Waals surface area contributed by atoms with E-state index in [1.807, 2.05) is 42.5 Å². The van der Waals surface area contributed by atoms with E-state index in [0.29, 0.717) is 11.1 Å². The normalized spacial score (nSPS) is 15.0. The van der Waals surface area contributed by atoms with Crippen molar-refractivity contribution in [3.63, 3.8) is 0 Å². The maximum absolute atomic E-state index is 13.0. The zero-order valence-electron chi connectivity index (χ0n) is 14.3. The van der Waals surface area contributed by atoms with Crippen LogP contribution in [0.5, 0.6) is 0 Å². The van der Waals surface area contributed by atoms with Crippen molar-refractivity contribution in [1.82, 2.24) is 14.9 Å². The highest BCUT2D eigenvalue weighted by molar-refractivity contribution is 9.10. The molecular formula is C21H14BrN3O2. The fraction of sp³-hybridized carbons (Fsp3) is 0.0476. The van der Waals surface area contributed by atoms with Gasteiger partial charge < -0.3 is 9.97 Å². The molecule has 132 valence electrons. The molecule has 2 amide bonds. The van der Waals surface area contributed by atoms with Crippen LogP contribution in [0.25, 0.3) is 33.0 Å². The van der Waals surface area contributed by atoms with Crippen LogP contribution in [0.2, 0.25) is 0 Å². The lowest BCUT2D eigenvalue weighted by Crippen LogP contribution is -2.26. The molecule has 3 heterocycles. The fourth-order valence-electron chi connectivity index (χ4n) is 3.72. The minimum absolute atomic E-state index is 0.288. The van der Waals surface area contributed by atoms with Crippen molar-refractivity contribution in [2.75, 3.05) is 7.05 Å². The number of nitrogens with zero attached hydrogens (tertiary/aromatic N) is 1. The van der Waals surface area contributed by atoms with E-state index in [2.05, 4.69) is 25.9 Å². The van der Waals surface area contributed by atoms with Crippen molar-refractivity contribution in [2.24, 2.45) is 0 Å². The molecular weight excluding hydrogens is 406 g/mol. The number of H-pyrrole nitrogens is 2. The van der Waals surface area contributed by atoms with Crippen LogP contribution >= 0.6 is 15.9 Å². The molecule has 0 atom stereocenters. The number of carbonyl (C=O) groups excluding carboxylic acids is 2. The van der Waals surface area contributed by atoms with Crippen molar-refractivity contribution in [3.8, 4) is 0 Å². The molecule has 5 nitrogen and oxygen atoms in total. The van der Waals surface area contributed by atoms with Crippen molar-refractivity contribution in [3.05, 3.63) is 70.5 Å². The van der Waals surface area contributed by atoms with Gasteiger partial charge >= 0.3 is 0 Å². The standard InChI is InChI=1S/C21H14BrN3O2/c1-25-20(26)18(14-9-23-16-5-3-2-4-12(14)16)19(21(25)27)15-10-24-17-7-6-11(22)8-13(15)17/h2-10,23-24H,1H3. The summed E-state index contributed by atoms with van der Waals surface area (Å²) in [6, 6.07) is 13.6. The number of likely N-dealkylation sites (N-methyl/N-ethyl adjacent to an activating group) is 1. The first-order valence-electron chi connectivity index (χ1n) is 8.46. The zero-order chi connectivity index (χ0) is 18.7. The van der Waals surface area contributed by atoms with E-state index in [1.54, 1.807) is 12.4 Å². The van der Waals surface area contributed by atoms with Gasteiger partial charge in [-0.1, -0.05) is 34.1 Å². The lowest BCUT2D eigenvalue weighted by Gasteiger charge is -2.06. The van der Waals surface area contributed by atoms with Crippen molar-refractivity contribution in [1.29, 1.82) is 0 Å². The number of hydrogen-bond donors (Lipinski definition) is 2. The summed E-state index contributed by atoms with van der Waals surface area (Å²) in [7, 11) is 1.53. The Morgan fingerprint density at radius 2 is 1.41 bits per heavy atom. The van der Waals surface area contributed by atoms with Gasteiger partial charge in [-0.15, -0.1) is 0 Å². The maximum atomic E-state index is 13.0. The van der Waals surface area contributed by atoms with E-state index in [4.69, 9.17) is 0 Å². The Bertz CT molecular complexity index is 1300. The van der Waals surface area contributed by atoms with Crippen molar-refractivity contribution < 1.29 is 9.59 Å². The number of hydrogen-bond acceptors (Lipinski definition) is 2. The highest BCUT2D eigenvalue weighted by Crippen LogP contribution is 2.40. The Morgan fingerprint density at radius 3 is 2.11 bits per heavy atom. The average molecular weight is 420 g/mol. The molecule has 0 radical (unpaired) electrons. The van der Waals surface area contributed by atoms with Crippen LogP contribution in [0, 0.1) is 0 Å². The number of amides is 2. The monoisotopic (exact) mass is 419 g/mol. The topological polar surface area (TPSA) is 69.0 Å². The van der Waals surface area contributed by atoms with Crippen LogP contribution in [0.15, 0.2) is 59.3 Å². The molecule has 5 rings (SSSR count).